The smallest absolute Gasteiger partial charge is 0.228 e. The molecule has 140 valence electrons. The summed E-state index contributed by atoms with van der Waals surface area (Å²) in [6, 6.07) is 3.88. The number of aromatic amines is 1. The van der Waals surface area contributed by atoms with E-state index < -0.39 is 0 Å². The Morgan fingerprint density at radius 1 is 1.07 bits per heavy atom. The molecule has 0 aliphatic carbocycles. The minimum atomic E-state index is 0.320. The van der Waals surface area contributed by atoms with Gasteiger partial charge in [0.2, 0.25) is 5.95 Å². The van der Waals surface area contributed by atoms with Gasteiger partial charge in [-0.2, -0.15) is 0 Å². The normalized spacial score (nSPS) is 17.4. The lowest BCUT2D eigenvalue weighted by atomic mass is 10.1. The largest absolute Gasteiger partial charge is 0.348 e. The fourth-order valence-corrected chi connectivity index (χ4v) is 3.52. The van der Waals surface area contributed by atoms with Crippen molar-refractivity contribution in [1.29, 1.82) is 0 Å². The zero-order valence-corrected chi connectivity index (χ0v) is 15.9. The highest BCUT2D eigenvalue weighted by molar-refractivity contribution is 5.48. The number of imidazole rings is 1. The molecule has 1 aliphatic rings. The molecular weight excluding hydrogens is 340 g/mol. The number of rotatable bonds is 5. The van der Waals surface area contributed by atoms with Crippen LogP contribution in [0.4, 0.5) is 11.8 Å². The molecule has 1 aliphatic heterocycles. The van der Waals surface area contributed by atoms with Gasteiger partial charge in [0, 0.05) is 48.0 Å². The molecule has 4 heterocycles. The summed E-state index contributed by atoms with van der Waals surface area (Å²) < 4.78 is 0. The van der Waals surface area contributed by atoms with Gasteiger partial charge in [-0.15, -0.1) is 0 Å². The Hall–Kier alpha value is -2.87. The lowest BCUT2D eigenvalue weighted by molar-refractivity contribution is 0.318. The summed E-state index contributed by atoms with van der Waals surface area (Å²) >= 11 is 0. The molecule has 0 radical (unpaired) electrons. The van der Waals surface area contributed by atoms with E-state index in [2.05, 4.69) is 35.1 Å². The third-order valence-electron chi connectivity index (χ3n) is 4.66. The molecule has 0 saturated carbocycles. The first-order valence-electron chi connectivity index (χ1n) is 9.20. The first-order chi connectivity index (χ1) is 13.0. The SMILES string of the molecule is Cc1cc(C)nc(Nc2cc(C)nc([C@H]3CCN(Cc4ncc[nH]4)C3)n2)n1. The number of hydrogen-bond acceptors (Lipinski definition) is 7. The fourth-order valence-electron chi connectivity index (χ4n) is 3.52. The van der Waals surface area contributed by atoms with Gasteiger partial charge < -0.3 is 10.3 Å². The number of aryl methyl sites for hydroxylation is 3. The van der Waals surface area contributed by atoms with E-state index in [-0.39, 0.29) is 0 Å². The van der Waals surface area contributed by atoms with Crippen molar-refractivity contribution < 1.29 is 0 Å². The van der Waals surface area contributed by atoms with E-state index in [0.717, 1.165) is 60.6 Å². The average Bonchev–Trinajstić information content (AvgIpc) is 3.26. The van der Waals surface area contributed by atoms with Crippen LogP contribution in [0.1, 0.15) is 41.1 Å². The minimum Gasteiger partial charge on any atom is -0.348 e. The van der Waals surface area contributed by atoms with Gasteiger partial charge in [-0.05, 0) is 39.8 Å². The van der Waals surface area contributed by atoms with Crippen molar-refractivity contribution in [3.05, 3.63) is 53.3 Å². The highest BCUT2D eigenvalue weighted by Gasteiger charge is 2.27. The van der Waals surface area contributed by atoms with Gasteiger partial charge in [0.15, 0.2) is 0 Å². The molecule has 0 unspecified atom stereocenters. The van der Waals surface area contributed by atoms with Crippen LogP contribution >= 0.6 is 0 Å². The molecule has 1 fully saturated rings. The van der Waals surface area contributed by atoms with E-state index in [1.54, 1.807) is 6.20 Å². The maximum absolute atomic E-state index is 4.75. The van der Waals surface area contributed by atoms with Crippen LogP contribution in [-0.4, -0.2) is 47.9 Å². The number of likely N-dealkylation sites (tertiary alicyclic amines) is 1. The topological polar surface area (TPSA) is 95.5 Å². The van der Waals surface area contributed by atoms with E-state index in [9.17, 15) is 0 Å². The molecule has 3 aromatic rings. The second-order valence-electron chi connectivity index (χ2n) is 7.11. The van der Waals surface area contributed by atoms with E-state index in [1.807, 2.05) is 39.1 Å². The van der Waals surface area contributed by atoms with Gasteiger partial charge >= 0.3 is 0 Å². The van der Waals surface area contributed by atoms with Crippen molar-refractivity contribution in [1.82, 2.24) is 34.8 Å². The zero-order chi connectivity index (χ0) is 18.8. The highest BCUT2D eigenvalue weighted by Crippen LogP contribution is 2.27. The second kappa shape index (κ2) is 7.40. The zero-order valence-electron chi connectivity index (χ0n) is 15.9. The van der Waals surface area contributed by atoms with Crippen LogP contribution < -0.4 is 5.32 Å². The average molecular weight is 364 g/mol. The molecular formula is C19H24N8. The summed E-state index contributed by atoms with van der Waals surface area (Å²) in [5.41, 5.74) is 2.80. The lowest BCUT2D eigenvalue weighted by Crippen LogP contribution is -2.21. The molecule has 0 spiro atoms. The first-order valence-corrected chi connectivity index (χ1v) is 9.20. The molecule has 2 N–H and O–H groups in total. The molecule has 0 amide bonds. The summed E-state index contributed by atoms with van der Waals surface area (Å²) in [6.45, 7) is 8.70. The van der Waals surface area contributed by atoms with Gasteiger partial charge in [-0.1, -0.05) is 0 Å². The van der Waals surface area contributed by atoms with Crippen LogP contribution in [0, 0.1) is 20.8 Å². The number of H-pyrrole nitrogens is 1. The van der Waals surface area contributed by atoms with Crippen LogP contribution in [0.25, 0.3) is 0 Å². The van der Waals surface area contributed by atoms with Crippen molar-refractivity contribution >= 4 is 11.8 Å². The Bertz CT molecular complexity index is 901. The summed E-state index contributed by atoms with van der Waals surface area (Å²) in [4.78, 5) is 28.2. The second-order valence-corrected chi connectivity index (χ2v) is 7.11. The lowest BCUT2D eigenvalue weighted by Gasteiger charge is -2.15. The molecule has 3 aromatic heterocycles. The van der Waals surface area contributed by atoms with Crippen molar-refractivity contribution in [3.8, 4) is 0 Å². The predicted molar refractivity (Wildman–Crippen MR) is 103 cm³/mol. The maximum Gasteiger partial charge on any atom is 0.228 e. The van der Waals surface area contributed by atoms with Crippen molar-refractivity contribution in [3.63, 3.8) is 0 Å². The van der Waals surface area contributed by atoms with E-state index in [0.29, 0.717) is 11.9 Å². The summed E-state index contributed by atoms with van der Waals surface area (Å²) in [5, 5.41) is 3.24. The van der Waals surface area contributed by atoms with Crippen LogP contribution in [-0.2, 0) is 6.54 Å². The number of anilines is 2. The van der Waals surface area contributed by atoms with E-state index in [1.165, 1.54) is 0 Å². The number of aromatic nitrogens is 6. The highest BCUT2D eigenvalue weighted by atomic mass is 15.2. The van der Waals surface area contributed by atoms with Gasteiger partial charge in [-0.25, -0.2) is 24.9 Å². The molecule has 0 bridgehead atoms. The fraction of sp³-hybridized carbons (Fsp3) is 0.421. The quantitative estimate of drug-likeness (QED) is 0.718. The summed E-state index contributed by atoms with van der Waals surface area (Å²) in [7, 11) is 0. The molecule has 1 saturated heterocycles. The Kier molecular flexibility index (Phi) is 4.81. The van der Waals surface area contributed by atoms with Gasteiger partial charge in [0.05, 0.1) is 6.54 Å². The standard InChI is InChI=1S/C19H24N8/c1-12-8-13(2)24-19(23-12)26-16-9-14(3)22-18(25-16)15-4-7-27(10-15)11-17-20-5-6-21-17/h5-6,8-9,15H,4,7,10-11H2,1-3H3,(H,20,21)(H,22,23,24,25,26)/t15-/m0/s1. The van der Waals surface area contributed by atoms with Crippen molar-refractivity contribution in [2.75, 3.05) is 18.4 Å². The Labute approximate surface area is 158 Å². The number of hydrogen-bond donors (Lipinski definition) is 2. The molecule has 27 heavy (non-hydrogen) atoms. The van der Waals surface area contributed by atoms with E-state index in [4.69, 9.17) is 4.98 Å². The maximum atomic E-state index is 4.75. The van der Waals surface area contributed by atoms with Gasteiger partial charge in [0.25, 0.3) is 0 Å². The van der Waals surface area contributed by atoms with Crippen LogP contribution in [0.3, 0.4) is 0 Å². The number of nitrogens with zero attached hydrogens (tertiary/aromatic N) is 6. The predicted octanol–water partition coefficient (Wildman–Crippen LogP) is 2.65. The molecule has 8 nitrogen and oxygen atoms in total. The third kappa shape index (κ3) is 4.28. The van der Waals surface area contributed by atoms with Gasteiger partial charge in [0.1, 0.15) is 17.5 Å². The van der Waals surface area contributed by atoms with E-state index >= 15 is 0 Å². The van der Waals surface area contributed by atoms with Gasteiger partial charge in [-0.3, -0.25) is 4.90 Å². The molecule has 0 aromatic carbocycles. The third-order valence-corrected chi connectivity index (χ3v) is 4.66. The summed E-state index contributed by atoms with van der Waals surface area (Å²) in [6.07, 6.45) is 4.70. The first kappa shape index (κ1) is 17.5. The monoisotopic (exact) mass is 364 g/mol. The Morgan fingerprint density at radius 2 is 1.85 bits per heavy atom. The molecule has 1 atom stereocenters. The molecule has 4 rings (SSSR count). The molecule has 8 heteroatoms. The van der Waals surface area contributed by atoms with Crippen molar-refractivity contribution in [2.24, 2.45) is 0 Å². The summed E-state index contributed by atoms with van der Waals surface area (Å²) in [5.74, 6) is 3.51. The van der Waals surface area contributed by atoms with Crippen molar-refractivity contribution in [2.45, 2.75) is 39.7 Å². The Morgan fingerprint density at radius 3 is 2.59 bits per heavy atom. The minimum absolute atomic E-state index is 0.320. The van der Waals surface area contributed by atoms with Crippen LogP contribution in [0.2, 0.25) is 0 Å². The van der Waals surface area contributed by atoms with Crippen LogP contribution in [0.15, 0.2) is 24.5 Å². The Balaban J connectivity index is 1.49. The van der Waals surface area contributed by atoms with Crippen LogP contribution in [0.5, 0.6) is 0 Å². The number of nitrogens with one attached hydrogen (secondary N) is 2.